The zero-order chi connectivity index (χ0) is 10.8. The molecule has 2 heterocycles. The summed E-state index contributed by atoms with van der Waals surface area (Å²) in [7, 11) is 0. The van der Waals surface area contributed by atoms with E-state index in [9.17, 15) is 4.79 Å². The molecule has 2 aromatic rings. The molecule has 0 bridgehead atoms. The zero-order valence-corrected chi connectivity index (χ0v) is 8.82. The van der Waals surface area contributed by atoms with E-state index in [4.69, 9.17) is 0 Å². The van der Waals surface area contributed by atoms with Crippen LogP contribution in [0.3, 0.4) is 0 Å². The molecule has 0 aromatic carbocycles. The van der Waals surface area contributed by atoms with Gasteiger partial charge in [0.1, 0.15) is 5.65 Å². The van der Waals surface area contributed by atoms with Crippen molar-refractivity contribution >= 4 is 11.0 Å². The highest BCUT2D eigenvalue weighted by atomic mass is 16.1. The van der Waals surface area contributed by atoms with Crippen LogP contribution in [0.5, 0.6) is 0 Å². The second kappa shape index (κ2) is 3.73. The molecule has 0 amide bonds. The molecule has 2 aromatic heterocycles. The molecular weight excluding hydrogens is 190 g/mol. The van der Waals surface area contributed by atoms with E-state index in [1.165, 1.54) is 11.9 Å². The van der Waals surface area contributed by atoms with E-state index >= 15 is 0 Å². The van der Waals surface area contributed by atoms with E-state index in [0.29, 0.717) is 5.39 Å². The van der Waals surface area contributed by atoms with Gasteiger partial charge >= 0.3 is 0 Å². The van der Waals surface area contributed by atoms with Crippen LogP contribution in [-0.2, 0) is 6.54 Å². The summed E-state index contributed by atoms with van der Waals surface area (Å²) >= 11 is 0. The fourth-order valence-corrected chi connectivity index (χ4v) is 1.44. The third-order valence-corrected chi connectivity index (χ3v) is 2.26. The first-order chi connectivity index (χ1) is 7.18. The number of nitrogens with zero attached hydrogens (tertiary/aromatic N) is 2. The summed E-state index contributed by atoms with van der Waals surface area (Å²) in [6.07, 6.45) is 5.42. The van der Waals surface area contributed by atoms with E-state index in [1.54, 1.807) is 6.07 Å². The minimum absolute atomic E-state index is 0.0871. The summed E-state index contributed by atoms with van der Waals surface area (Å²) in [5.41, 5.74) is 1.90. The van der Waals surface area contributed by atoms with Crippen molar-refractivity contribution in [3.8, 4) is 0 Å². The molecule has 4 nitrogen and oxygen atoms in total. The lowest BCUT2D eigenvalue weighted by atomic mass is 10.3. The molecule has 0 atom stereocenters. The standard InChI is InChI=1S/C11H13N3O/c1-8(2)3-5-14-6-4-9-10(14)12-7-13-11(9)15/h3-4,6-7H,5H2,1-2H3,(H,12,13,15). The Balaban J connectivity index is 2.50. The summed E-state index contributed by atoms with van der Waals surface area (Å²) in [6, 6.07) is 1.79. The van der Waals surface area contributed by atoms with E-state index in [2.05, 4.69) is 16.0 Å². The predicted molar refractivity (Wildman–Crippen MR) is 59.8 cm³/mol. The number of nitrogens with one attached hydrogen (secondary N) is 1. The van der Waals surface area contributed by atoms with Crippen molar-refractivity contribution in [1.29, 1.82) is 0 Å². The van der Waals surface area contributed by atoms with Gasteiger partial charge in [0.2, 0.25) is 0 Å². The summed E-state index contributed by atoms with van der Waals surface area (Å²) < 4.78 is 1.96. The van der Waals surface area contributed by atoms with Crippen LogP contribution in [0.2, 0.25) is 0 Å². The van der Waals surface area contributed by atoms with Crippen molar-refractivity contribution in [3.05, 3.63) is 40.6 Å². The van der Waals surface area contributed by atoms with Crippen LogP contribution in [-0.4, -0.2) is 14.5 Å². The summed E-state index contributed by atoms with van der Waals surface area (Å²) in [4.78, 5) is 18.1. The molecule has 0 radical (unpaired) electrons. The summed E-state index contributed by atoms with van der Waals surface area (Å²) in [5, 5.41) is 0.639. The predicted octanol–water partition coefficient (Wildman–Crippen LogP) is 1.69. The monoisotopic (exact) mass is 203 g/mol. The van der Waals surface area contributed by atoms with Crippen LogP contribution >= 0.6 is 0 Å². The number of allylic oxidation sites excluding steroid dienone is 2. The van der Waals surface area contributed by atoms with Crippen LogP contribution in [0.15, 0.2) is 35.0 Å². The first-order valence-electron chi connectivity index (χ1n) is 4.84. The molecule has 15 heavy (non-hydrogen) atoms. The third kappa shape index (κ3) is 1.83. The van der Waals surface area contributed by atoms with Crippen molar-refractivity contribution < 1.29 is 0 Å². The maximum atomic E-state index is 11.4. The molecule has 0 aliphatic heterocycles. The molecule has 2 rings (SSSR count). The second-order valence-corrected chi connectivity index (χ2v) is 3.72. The zero-order valence-electron chi connectivity index (χ0n) is 8.82. The molecule has 0 saturated carbocycles. The molecular formula is C11H13N3O. The van der Waals surface area contributed by atoms with Crippen molar-refractivity contribution in [1.82, 2.24) is 14.5 Å². The van der Waals surface area contributed by atoms with Gasteiger partial charge in [0.25, 0.3) is 5.56 Å². The highest BCUT2D eigenvalue weighted by Gasteiger charge is 2.03. The van der Waals surface area contributed by atoms with Gasteiger partial charge in [0.05, 0.1) is 11.7 Å². The number of H-pyrrole nitrogens is 1. The molecule has 0 fully saturated rings. The smallest absolute Gasteiger partial charge is 0.260 e. The van der Waals surface area contributed by atoms with E-state index in [1.807, 2.05) is 24.6 Å². The minimum Gasteiger partial charge on any atom is -0.328 e. The van der Waals surface area contributed by atoms with Gasteiger partial charge in [-0.15, -0.1) is 0 Å². The molecule has 0 unspecified atom stereocenters. The molecule has 78 valence electrons. The number of hydrogen-bond acceptors (Lipinski definition) is 2. The Morgan fingerprint density at radius 1 is 1.60 bits per heavy atom. The second-order valence-electron chi connectivity index (χ2n) is 3.72. The normalized spacial score (nSPS) is 10.5. The van der Waals surface area contributed by atoms with Gasteiger partial charge in [-0.3, -0.25) is 4.79 Å². The van der Waals surface area contributed by atoms with Crippen molar-refractivity contribution in [2.24, 2.45) is 0 Å². The molecule has 4 heteroatoms. The number of hydrogen-bond donors (Lipinski definition) is 1. The Kier molecular flexibility index (Phi) is 2.41. The van der Waals surface area contributed by atoms with Gasteiger partial charge < -0.3 is 9.55 Å². The van der Waals surface area contributed by atoms with Gasteiger partial charge in [0, 0.05) is 12.7 Å². The third-order valence-electron chi connectivity index (χ3n) is 2.26. The highest BCUT2D eigenvalue weighted by Crippen LogP contribution is 2.08. The molecule has 0 spiro atoms. The van der Waals surface area contributed by atoms with Gasteiger partial charge in [0.15, 0.2) is 0 Å². The van der Waals surface area contributed by atoms with E-state index < -0.39 is 0 Å². The van der Waals surface area contributed by atoms with Gasteiger partial charge in [-0.25, -0.2) is 4.98 Å². The molecule has 0 aliphatic carbocycles. The fourth-order valence-electron chi connectivity index (χ4n) is 1.44. The summed E-state index contributed by atoms with van der Waals surface area (Å²) in [6.45, 7) is 4.85. The number of fused-ring (bicyclic) bond motifs is 1. The van der Waals surface area contributed by atoms with Crippen molar-refractivity contribution in [3.63, 3.8) is 0 Å². The minimum atomic E-state index is -0.0871. The molecule has 1 N–H and O–H groups in total. The van der Waals surface area contributed by atoms with Crippen molar-refractivity contribution in [2.45, 2.75) is 20.4 Å². The van der Waals surface area contributed by atoms with E-state index in [0.717, 1.165) is 12.2 Å². The Labute approximate surface area is 87.3 Å². The lowest BCUT2D eigenvalue weighted by Crippen LogP contribution is -2.06. The number of aromatic amines is 1. The maximum absolute atomic E-state index is 11.4. The average Bonchev–Trinajstić information content (AvgIpc) is 2.59. The number of rotatable bonds is 2. The SMILES string of the molecule is CC(C)=CCn1ccc2c(=O)[nH]cnc21. The van der Waals surface area contributed by atoms with Crippen molar-refractivity contribution in [2.75, 3.05) is 0 Å². The van der Waals surface area contributed by atoms with Gasteiger partial charge in [-0.2, -0.15) is 0 Å². The van der Waals surface area contributed by atoms with Crippen LogP contribution < -0.4 is 5.56 Å². The Morgan fingerprint density at radius 3 is 3.13 bits per heavy atom. The average molecular weight is 203 g/mol. The Bertz CT molecular complexity index is 558. The van der Waals surface area contributed by atoms with Crippen LogP contribution in [0.1, 0.15) is 13.8 Å². The summed E-state index contributed by atoms with van der Waals surface area (Å²) in [5.74, 6) is 0. The fraction of sp³-hybridized carbons (Fsp3) is 0.273. The van der Waals surface area contributed by atoms with Crippen LogP contribution in [0.4, 0.5) is 0 Å². The topological polar surface area (TPSA) is 50.7 Å². The first kappa shape index (κ1) is 9.71. The highest BCUT2D eigenvalue weighted by molar-refractivity contribution is 5.74. The van der Waals surface area contributed by atoms with Gasteiger partial charge in [-0.05, 0) is 19.9 Å². The van der Waals surface area contributed by atoms with E-state index in [-0.39, 0.29) is 5.56 Å². The van der Waals surface area contributed by atoms with Crippen LogP contribution in [0, 0.1) is 0 Å². The lowest BCUT2D eigenvalue weighted by molar-refractivity contribution is 0.841. The van der Waals surface area contributed by atoms with Gasteiger partial charge in [-0.1, -0.05) is 11.6 Å². The Hall–Kier alpha value is -1.84. The Morgan fingerprint density at radius 2 is 2.40 bits per heavy atom. The first-order valence-corrected chi connectivity index (χ1v) is 4.84. The molecule has 0 aliphatic rings. The largest absolute Gasteiger partial charge is 0.328 e. The van der Waals surface area contributed by atoms with Crippen LogP contribution in [0.25, 0.3) is 11.0 Å². The maximum Gasteiger partial charge on any atom is 0.260 e. The quantitative estimate of drug-likeness (QED) is 0.755. The molecule has 0 saturated heterocycles. The number of aromatic nitrogens is 3. The lowest BCUT2D eigenvalue weighted by Gasteiger charge is -1.99.